The highest BCUT2D eigenvalue weighted by Crippen LogP contribution is 2.15. The van der Waals surface area contributed by atoms with E-state index in [1.165, 1.54) is 5.56 Å². The molecule has 0 fully saturated rings. The van der Waals surface area contributed by atoms with Gasteiger partial charge in [0.15, 0.2) is 0 Å². The van der Waals surface area contributed by atoms with Gasteiger partial charge in [0, 0.05) is 13.0 Å². The molecule has 22 heavy (non-hydrogen) atoms. The van der Waals surface area contributed by atoms with Crippen molar-refractivity contribution in [3.05, 3.63) is 35.4 Å². The summed E-state index contributed by atoms with van der Waals surface area (Å²) in [5.41, 5.74) is 2.34. The minimum atomic E-state index is -0.850. The van der Waals surface area contributed by atoms with Crippen molar-refractivity contribution >= 4 is 12.0 Å². The Hall–Kier alpha value is -2.04. The predicted molar refractivity (Wildman–Crippen MR) is 86.8 cm³/mol. The summed E-state index contributed by atoms with van der Waals surface area (Å²) in [5.74, 6) is -0.227. The first-order valence-electron chi connectivity index (χ1n) is 7.73. The van der Waals surface area contributed by atoms with Crippen LogP contribution < -0.4 is 10.6 Å². The van der Waals surface area contributed by atoms with Gasteiger partial charge < -0.3 is 15.7 Å². The van der Waals surface area contributed by atoms with Crippen molar-refractivity contribution in [2.75, 3.05) is 6.54 Å². The maximum absolute atomic E-state index is 11.7. The molecular formula is C17H26N2O3. The van der Waals surface area contributed by atoms with Crippen molar-refractivity contribution in [2.24, 2.45) is 5.92 Å². The topological polar surface area (TPSA) is 78.4 Å². The van der Waals surface area contributed by atoms with Gasteiger partial charge in [-0.05, 0) is 36.8 Å². The highest BCUT2D eigenvalue weighted by molar-refractivity contribution is 5.74. The van der Waals surface area contributed by atoms with Crippen LogP contribution >= 0.6 is 0 Å². The molecule has 1 aromatic rings. The number of amides is 2. The molecule has 3 N–H and O–H groups in total. The third-order valence-corrected chi connectivity index (χ3v) is 3.32. The van der Waals surface area contributed by atoms with Gasteiger partial charge in [-0.25, -0.2) is 4.79 Å². The van der Waals surface area contributed by atoms with Gasteiger partial charge in [-0.2, -0.15) is 0 Å². The van der Waals surface area contributed by atoms with Crippen molar-refractivity contribution in [1.82, 2.24) is 10.6 Å². The normalized spacial score (nSPS) is 12.0. The molecule has 1 rings (SSSR count). The largest absolute Gasteiger partial charge is 0.481 e. The fraction of sp³-hybridized carbons (Fsp3) is 0.529. The van der Waals surface area contributed by atoms with Crippen molar-refractivity contribution < 1.29 is 14.7 Å². The first-order valence-corrected chi connectivity index (χ1v) is 7.73. The van der Waals surface area contributed by atoms with Gasteiger partial charge in [0.2, 0.25) is 0 Å². The lowest BCUT2D eigenvalue weighted by molar-refractivity contribution is -0.137. The molecule has 0 radical (unpaired) electrons. The Labute approximate surface area is 132 Å². The molecule has 0 heterocycles. The van der Waals surface area contributed by atoms with Crippen LogP contribution in [0.25, 0.3) is 0 Å². The molecule has 1 aromatic carbocycles. The van der Waals surface area contributed by atoms with E-state index in [4.69, 9.17) is 5.11 Å². The van der Waals surface area contributed by atoms with E-state index >= 15 is 0 Å². The van der Waals surface area contributed by atoms with E-state index in [0.717, 1.165) is 12.0 Å². The first kappa shape index (κ1) is 18.0. The van der Waals surface area contributed by atoms with Gasteiger partial charge in [0.1, 0.15) is 0 Å². The summed E-state index contributed by atoms with van der Waals surface area (Å²) in [6.07, 6.45) is 1.54. The third-order valence-electron chi connectivity index (χ3n) is 3.32. The third kappa shape index (κ3) is 7.11. The lowest BCUT2D eigenvalue weighted by atomic mass is 10.00. The summed E-state index contributed by atoms with van der Waals surface area (Å²) >= 11 is 0. The Morgan fingerprint density at radius 3 is 2.32 bits per heavy atom. The zero-order valence-corrected chi connectivity index (χ0v) is 13.6. The number of carbonyl (C=O) groups is 2. The van der Waals surface area contributed by atoms with Crippen LogP contribution in [0.15, 0.2) is 24.3 Å². The number of carboxylic acid groups (broad SMARTS) is 1. The van der Waals surface area contributed by atoms with E-state index in [1.807, 2.05) is 19.1 Å². The van der Waals surface area contributed by atoms with Gasteiger partial charge in [0.25, 0.3) is 0 Å². The average molecular weight is 306 g/mol. The fourth-order valence-electron chi connectivity index (χ4n) is 2.19. The lowest BCUT2D eigenvalue weighted by Crippen LogP contribution is -2.37. The smallest absolute Gasteiger partial charge is 0.315 e. The second-order valence-corrected chi connectivity index (χ2v) is 5.96. The number of hydrogen-bond acceptors (Lipinski definition) is 2. The molecule has 0 saturated heterocycles. The monoisotopic (exact) mass is 306 g/mol. The van der Waals surface area contributed by atoms with E-state index in [1.54, 1.807) is 0 Å². The molecule has 1 unspecified atom stereocenters. The number of benzene rings is 1. The summed E-state index contributed by atoms with van der Waals surface area (Å²) in [7, 11) is 0. The molecule has 0 aliphatic carbocycles. The van der Waals surface area contributed by atoms with Crippen LogP contribution in [0.5, 0.6) is 0 Å². The summed E-state index contributed by atoms with van der Waals surface area (Å²) in [6, 6.07) is 7.90. The number of urea groups is 1. The second-order valence-electron chi connectivity index (χ2n) is 5.96. The Bertz CT molecular complexity index is 483. The maximum Gasteiger partial charge on any atom is 0.315 e. The number of aliphatic carboxylic acids is 1. The standard InChI is InChI=1S/C17H26N2O3/c1-12(2)11-14-6-8-15(9-7-14)13(3)19-17(22)18-10-4-5-16(20)21/h6-9,12-13H,4-5,10-11H2,1-3H3,(H,20,21)(H2,18,19,22). The van der Waals surface area contributed by atoms with Crippen molar-refractivity contribution in [2.45, 2.75) is 46.1 Å². The molecule has 1 atom stereocenters. The van der Waals surface area contributed by atoms with Crippen LogP contribution in [0, 0.1) is 5.92 Å². The minimum Gasteiger partial charge on any atom is -0.481 e. The van der Waals surface area contributed by atoms with E-state index in [9.17, 15) is 9.59 Å². The minimum absolute atomic E-state index is 0.0626. The van der Waals surface area contributed by atoms with Crippen molar-refractivity contribution in [1.29, 1.82) is 0 Å². The summed E-state index contributed by atoms with van der Waals surface area (Å²) in [4.78, 5) is 22.1. The van der Waals surface area contributed by atoms with Crippen molar-refractivity contribution in [3.8, 4) is 0 Å². The summed E-state index contributed by atoms with van der Waals surface area (Å²) < 4.78 is 0. The van der Waals surface area contributed by atoms with Gasteiger partial charge >= 0.3 is 12.0 Å². The SMILES string of the molecule is CC(C)Cc1ccc(C(C)NC(=O)NCCCC(=O)O)cc1. The number of hydrogen-bond donors (Lipinski definition) is 3. The molecule has 122 valence electrons. The predicted octanol–water partition coefficient (Wildman–Crippen LogP) is 3.11. The van der Waals surface area contributed by atoms with Crippen LogP contribution in [0.1, 0.15) is 50.8 Å². The van der Waals surface area contributed by atoms with E-state index in [-0.39, 0.29) is 18.5 Å². The molecule has 0 aliphatic heterocycles. The Morgan fingerprint density at radius 2 is 1.77 bits per heavy atom. The number of carboxylic acids is 1. The van der Waals surface area contributed by atoms with Gasteiger partial charge in [-0.15, -0.1) is 0 Å². The zero-order valence-electron chi connectivity index (χ0n) is 13.6. The number of carbonyl (C=O) groups excluding carboxylic acids is 1. The van der Waals surface area contributed by atoms with E-state index in [0.29, 0.717) is 18.9 Å². The van der Waals surface area contributed by atoms with Crippen LogP contribution in [0.2, 0.25) is 0 Å². The highest BCUT2D eigenvalue weighted by Gasteiger charge is 2.09. The molecule has 5 nitrogen and oxygen atoms in total. The van der Waals surface area contributed by atoms with Crippen LogP contribution in [-0.4, -0.2) is 23.7 Å². The average Bonchev–Trinajstić information content (AvgIpc) is 2.43. The summed E-state index contributed by atoms with van der Waals surface area (Å²) in [5, 5.41) is 14.0. The van der Waals surface area contributed by atoms with Gasteiger partial charge in [-0.3, -0.25) is 4.79 Å². The Morgan fingerprint density at radius 1 is 1.14 bits per heavy atom. The highest BCUT2D eigenvalue weighted by atomic mass is 16.4. The molecule has 5 heteroatoms. The number of rotatable bonds is 8. The zero-order chi connectivity index (χ0) is 16.5. The van der Waals surface area contributed by atoms with Crippen LogP contribution in [0.3, 0.4) is 0 Å². The first-order chi connectivity index (χ1) is 10.4. The second kappa shape index (κ2) is 9.07. The molecule has 0 saturated carbocycles. The number of nitrogens with one attached hydrogen (secondary N) is 2. The van der Waals surface area contributed by atoms with Crippen LogP contribution in [0.4, 0.5) is 4.79 Å². The van der Waals surface area contributed by atoms with Gasteiger partial charge in [-0.1, -0.05) is 38.1 Å². The fourth-order valence-corrected chi connectivity index (χ4v) is 2.19. The van der Waals surface area contributed by atoms with E-state index < -0.39 is 5.97 Å². The van der Waals surface area contributed by atoms with Gasteiger partial charge in [0.05, 0.1) is 6.04 Å². The molecule has 0 aliphatic rings. The van der Waals surface area contributed by atoms with Crippen LogP contribution in [-0.2, 0) is 11.2 Å². The molecule has 0 spiro atoms. The lowest BCUT2D eigenvalue weighted by Gasteiger charge is -2.15. The Kier molecular flexibility index (Phi) is 7.43. The Balaban J connectivity index is 2.39. The maximum atomic E-state index is 11.7. The molecule has 2 amide bonds. The summed E-state index contributed by atoms with van der Waals surface area (Å²) in [6.45, 7) is 6.66. The molecule has 0 bridgehead atoms. The molecular weight excluding hydrogens is 280 g/mol. The van der Waals surface area contributed by atoms with E-state index in [2.05, 4.69) is 36.6 Å². The quantitative estimate of drug-likeness (QED) is 0.646. The van der Waals surface area contributed by atoms with Crippen molar-refractivity contribution in [3.63, 3.8) is 0 Å². The molecule has 0 aromatic heterocycles.